The lowest BCUT2D eigenvalue weighted by Gasteiger charge is -2.02. The molecule has 1 rings (SSSR count). The second kappa shape index (κ2) is 5.19. The Hall–Kier alpha value is -1.000. The molecular formula is C10H9ClFNOS. The van der Waals surface area contributed by atoms with Gasteiger partial charge in [0.2, 0.25) is 5.12 Å². The first-order valence-corrected chi connectivity index (χ1v) is 4.95. The Balaban J connectivity index is 2.78. The number of benzene rings is 1. The number of thiol groups is 1. The molecule has 0 fully saturated rings. The van der Waals surface area contributed by atoms with Crippen LogP contribution < -0.4 is 5.32 Å². The summed E-state index contributed by atoms with van der Waals surface area (Å²) in [6, 6.07) is 4.20. The molecule has 0 heterocycles. The second-order valence-electron chi connectivity index (χ2n) is 2.91. The molecule has 0 radical (unpaired) electrons. The van der Waals surface area contributed by atoms with Crippen LogP contribution in [0.4, 0.5) is 10.1 Å². The zero-order chi connectivity index (χ0) is 11.4. The van der Waals surface area contributed by atoms with Gasteiger partial charge in [-0.15, -0.1) is 12.6 Å². The summed E-state index contributed by atoms with van der Waals surface area (Å²) in [6.45, 7) is 1.62. The quantitative estimate of drug-likeness (QED) is 0.632. The number of nitrogens with one attached hydrogen (secondary N) is 1. The van der Waals surface area contributed by atoms with Gasteiger partial charge in [0, 0.05) is 17.5 Å². The Kier molecular flexibility index (Phi) is 4.17. The highest BCUT2D eigenvalue weighted by atomic mass is 35.5. The van der Waals surface area contributed by atoms with Crippen molar-refractivity contribution < 1.29 is 9.18 Å². The van der Waals surface area contributed by atoms with Gasteiger partial charge in [-0.05, 0) is 25.1 Å². The van der Waals surface area contributed by atoms with E-state index in [9.17, 15) is 9.18 Å². The number of anilines is 1. The molecule has 0 aliphatic rings. The maximum atomic E-state index is 12.8. The minimum Gasteiger partial charge on any atom is -0.361 e. The first-order valence-electron chi connectivity index (χ1n) is 4.12. The molecule has 0 aliphatic heterocycles. The van der Waals surface area contributed by atoms with E-state index in [-0.39, 0.29) is 10.1 Å². The summed E-state index contributed by atoms with van der Waals surface area (Å²) < 4.78 is 12.8. The molecule has 0 atom stereocenters. The van der Waals surface area contributed by atoms with Crippen LogP contribution in [0, 0.1) is 5.82 Å². The van der Waals surface area contributed by atoms with E-state index >= 15 is 0 Å². The Morgan fingerprint density at radius 3 is 2.80 bits per heavy atom. The van der Waals surface area contributed by atoms with Crippen molar-refractivity contribution >= 4 is 35.0 Å². The molecule has 0 aliphatic carbocycles. The molecule has 0 unspecified atom stereocenters. The van der Waals surface area contributed by atoms with Gasteiger partial charge in [-0.1, -0.05) is 11.6 Å². The van der Waals surface area contributed by atoms with Crippen LogP contribution in [0.3, 0.4) is 0 Å². The number of halogens is 2. The molecule has 0 amide bonds. The topological polar surface area (TPSA) is 29.1 Å². The van der Waals surface area contributed by atoms with Crippen molar-refractivity contribution in [3.05, 3.63) is 40.8 Å². The Labute approximate surface area is 97.5 Å². The maximum Gasteiger partial charge on any atom is 0.213 e. The second-order valence-corrected chi connectivity index (χ2v) is 3.72. The van der Waals surface area contributed by atoms with Crippen LogP contribution in [0.25, 0.3) is 0 Å². The third-order valence-electron chi connectivity index (χ3n) is 1.71. The Bertz CT molecular complexity index is 420. The number of hydrogen-bond donors (Lipinski definition) is 2. The zero-order valence-electron chi connectivity index (χ0n) is 7.92. The first-order chi connectivity index (χ1) is 7.00. The van der Waals surface area contributed by atoms with Crippen molar-refractivity contribution in [2.75, 3.05) is 5.32 Å². The lowest BCUT2D eigenvalue weighted by Crippen LogP contribution is -1.95. The monoisotopic (exact) mass is 245 g/mol. The van der Waals surface area contributed by atoms with Crippen LogP contribution in [0.1, 0.15) is 6.92 Å². The van der Waals surface area contributed by atoms with E-state index in [4.69, 9.17) is 11.6 Å². The average Bonchev–Trinajstić information content (AvgIpc) is 2.19. The SMILES string of the molecule is CC(=CNc1ccc(F)c(Cl)c1)C(=O)S. The van der Waals surface area contributed by atoms with Gasteiger partial charge in [-0.25, -0.2) is 4.39 Å². The van der Waals surface area contributed by atoms with Crippen LogP contribution in [-0.2, 0) is 4.79 Å². The first kappa shape index (κ1) is 12.1. The number of carbonyl (C=O) groups is 1. The molecule has 1 N–H and O–H groups in total. The normalized spacial score (nSPS) is 11.3. The van der Waals surface area contributed by atoms with Gasteiger partial charge >= 0.3 is 0 Å². The van der Waals surface area contributed by atoms with Crippen molar-refractivity contribution in [2.45, 2.75) is 6.92 Å². The molecule has 0 saturated heterocycles. The van der Waals surface area contributed by atoms with Crippen LogP contribution >= 0.6 is 24.2 Å². The highest BCUT2D eigenvalue weighted by Gasteiger charge is 2.00. The predicted octanol–water partition coefficient (Wildman–Crippen LogP) is 3.25. The van der Waals surface area contributed by atoms with Gasteiger partial charge in [0.1, 0.15) is 5.82 Å². The fraction of sp³-hybridized carbons (Fsp3) is 0.100. The third-order valence-corrected chi connectivity index (χ3v) is 2.35. The van der Waals surface area contributed by atoms with E-state index in [0.717, 1.165) is 0 Å². The Morgan fingerprint density at radius 1 is 1.60 bits per heavy atom. The van der Waals surface area contributed by atoms with E-state index in [0.29, 0.717) is 11.3 Å². The van der Waals surface area contributed by atoms with Crippen LogP contribution in [0.2, 0.25) is 5.02 Å². The van der Waals surface area contributed by atoms with Gasteiger partial charge in [0.15, 0.2) is 0 Å². The largest absolute Gasteiger partial charge is 0.361 e. The van der Waals surface area contributed by atoms with Gasteiger partial charge in [0.25, 0.3) is 0 Å². The maximum absolute atomic E-state index is 12.8. The van der Waals surface area contributed by atoms with E-state index in [1.807, 2.05) is 0 Å². The summed E-state index contributed by atoms with van der Waals surface area (Å²) in [5.41, 5.74) is 1.06. The van der Waals surface area contributed by atoms with Crippen molar-refractivity contribution in [3.63, 3.8) is 0 Å². The lowest BCUT2D eigenvalue weighted by molar-refractivity contribution is -0.107. The number of carbonyl (C=O) groups excluding carboxylic acids is 1. The number of rotatable bonds is 3. The summed E-state index contributed by atoms with van der Waals surface area (Å²) in [6.07, 6.45) is 1.49. The summed E-state index contributed by atoms with van der Waals surface area (Å²) in [5, 5.41) is 2.52. The minimum absolute atomic E-state index is 0.0308. The van der Waals surface area contributed by atoms with Crippen molar-refractivity contribution in [1.82, 2.24) is 0 Å². The average molecular weight is 246 g/mol. The molecule has 2 nitrogen and oxygen atoms in total. The smallest absolute Gasteiger partial charge is 0.213 e. The summed E-state index contributed by atoms with van der Waals surface area (Å²) in [4.78, 5) is 10.8. The van der Waals surface area contributed by atoms with Crippen molar-refractivity contribution in [3.8, 4) is 0 Å². The molecule has 5 heteroatoms. The van der Waals surface area contributed by atoms with Crippen LogP contribution in [0.15, 0.2) is 30.0 Å². The van der Waals surface area contributed by atoms with E-state index < -0.39 is 5.82 Å². The third kappa shape index (κ3) is 3.57. The molecule has 0 aromatic heterocycles. The molecule has 0 bridgehead atoms. The van der Waals surface area contributed by atoms with Crippen LogP contribution in [-0.4, -0.2) is 5.12 Å². The molecule has 1 aromatic rings. The minimum atomic E-state index is -0.479. The standard InChI is InChI=1S/C10H9ClFNOS/c1-6(10(14)15)5-13-7-2-3-9(12)8(11)4-7/h2-5,13H,1H3,(H,14,15). The molecule has 80 valence electrons. The lowest BCUT2D eigenvalue weighted by atomic mass is 10.3. The molecule has 0 saturated carbocycles. The van der Waals surface area contributed by atoms with E-state index in [1.54, 1.807) is 6.92 Å². The van der Waals surface area contributed by atoms with E-state index in [2.05, 4.69) is 17.9 Å². The van der Waals surface area contributed by atoms with E-state index in [1.165, 1.54) is 24.4 Å². The molecule has 15 heavy (non-hydrogen) atoms. The summed E-state index contributed by atoms with van der Waals surface area (Å²) in [7, 11) is 0. The highest BCUT2D eigenvalue weighted by molar-refractivity contribution is 7.97. The molecule has 1 aromatic carbocycles. The van der Waals surface area contributed by atoms with Gasteiger partial charge in [-0.3, -0.25) is 4.79 Å². The van der Waals surface area contributed by atoms with Crippen LogP contribution in [0.5, 0.6) is 0 Å². The van der Waals surface area contributed by atoms with Crippen molar-refractivity contribution in [2.24, 2.45) is 0 Å². The number of hydrogen-bond acceptors (Lipinski definition) is 2. The van der Waals surface area contributed by atoms with Crippen molar-refractivity contribution in [1.29, 1.82) is 0 Å². The molecule has 0 spiro atoms. The predicted molar refractivity (Wildman–Crippen MR) is 62.8 cm³/mol. The molecular weight excluding hydrogens is 237 g/mol. The fourth-order valence-electron chi connectivity index (χ4n) is 0.839. The zero-order valence-corrected chi connectivity index (χ0v) is 9.57. The summed E-state index contributed by atoms with van der Waals surface area (Å²) in [5.74, 6) is -0.479. The van der Waals surface area contributed by atoms with Gasteiger partial charge in [0.05, 0.1) is 5.02 Å². The summed E-state index contributed by atoms with van der Waals surface area (Å²) >= 11 is 9.22. The Morgan fingerprint density at radius 2 is 2.27 bits per heavy atom. The van der Waals surface area contributed by atoms with Gasteiger partial charge < -0.3 is 5.32 Å². The fourth-order valence-corrected chi connectivity index (χ4v) is 1.08. The highest BCUT2D eigenvalue weighted by Crippen LogP contribution is 2.19. The van der Waals surface area contributed by atoms with Gasteiger partial charge in [-0.2, -0.15) is 0 Å².